The molecule has 2 atom stereocenters. The van der Waals surface area contributed by atoms with Crippen LogP contribution < -0.4 is 9.47 Å². The van der Waals surface area contributed by atoms with Crippen molar-refractivity contribution in [1.29, 1.82) is 0 Å². The maximum Gasteiger partial charge on any atom is 0.508 e. The lowest BCUT2D eigenvalue weighted by molar-refractivity contribution is -0.154. The topological polar surface area (TPSA) is 190 Å². The second-order valence-corrected chi connectivity index (χ2v) is 20.9. The summed E-state index contributed by atoms with van der Waals surface area (Å²) in [4.78, 5) is 63.6. The van der Waals surface area contributed by atoms with Gasteiger partial charge in [-0.05, 0) is 74.2 Å². The predicted octanol–water partition coefficient (Wildman–Crippen LogP) is 10.7. The Kier molecular flexibility index (Phi) is 18.3. The van der Waals surface area contributed by atoms with Gasteiger partial charge in [-0.2, -0.15) is 26.3 Å². The molecule has 2 amide bonds. The Balaban J connectivity index is 0.994. The number of imidazole rings is 2. The molecule has 0 aliphatic heterocycles. The number of para-hydroxylation sites is 2. The Bertz CT molecular complexity index is 3350. The molecule has 4 heterocycles. The molecule has 17 nitrogen and oxygen atoms in total. The third-order valence-electron chi connectivity index (χ3n) is 12.5. The second kappa shape index (κ2) is 25.3. The summed E-state index contributed by atoms with van der Waals surface area (Å²) in [6, 6.07) is 29.1. The van der Waals surface area contributed by atoms with Gasteiger partial charge in [-0.15, -0.1) is 0 Å². The first kappa shape index (κ1) is 58.0. The molecule has 420 valence electrons. The average molecular weight is 1150 g/mol. The van der Waals surface area contributed by atoms with Crippen LogP contribution in [0.5, 0.6) is 11.5 Å². The van der Waals surface area contributed by atoms with E-state index in [-0.39, 0.29) is 82.0 Å². The third-order valence-corrected chi connectivity index (χ3v) is 14.9. The van der Waals surface area contributed by atoms with E-state index in [1.165, 1.54) is 57.3 Å². The second-order valence-electron chi connectivity index (χ2n) is 18.2. The number of fused-ring (bicyclic) bond motifs is 2. The molecule has 0 spiro atoms. The van der Waals surface area contributed by atoms with Crippen molar-refractivity contribution < 1.29 is 68.1 Å². The monoisotopic (exact) mass is 1150 g/mol. The van der Waals surface area contributed by atoms with Gasteiger partial charge >= 0.3 is 30.6 Å². The Morgan fingerprint density at radius 1 is 0.537 bits per heavy atom. The maximum absolute atomic E-state index is 14.9. The van der Waals surface area contributed by atoms with E-state index in [2.05, 4.69) is 19.9 Å². The van der Waals surface area contributed by atoms with E-state index >= 15 is 0 Å². The number of hydrogen-bond acceptors (Lipinski definition) is 13. The van der Waals surface area contributed by atoms with Crippen molar-refractivity contribution in [3.05, 3.63) is 166 Å². The number of halogens is 6. The molecule has 80 heavy (non-hydrogen) atoms. The van der Waals surface area contributed by atoms with Crippen molar-refractivity contribution in [2.45, 2.75) is 75.0 Å². The number of carbonyl (C=O) groups is 3. The van der Waals surface area contributed by atoms with Crippen LogP contribution in [0, 0.1) is 27.7 Å². The minimum atomic E-state index is -4.61. The van der Waals surface area contributed by atoms with Gasteiger partial charge in [0.15, 0.2) is 13.2 Å². The van der Waals surface area contributed by atoms with Crippen LogP contribution in [-0.2, 0) is 55.7 Å². The summed E-state index contributed by atoms with van der Waals surface area (Å²) in [5.74, 6) is -0.886. The lowest BCUT2D eigenvalue weighted by atomic mass is 10.2. The number of amides is 2. The van der Waals surface area contributed by atoms with Crippen molar-refractivity contribution in [2.75, 3.05) is 39.5 Å². The molecule has 0 aliphatic carbocycles. The highest BCUT2D eigenvalue weighted by Crippen LogP contribution is 2.30. The number of alkyl halides is 6. The van der Waals surface area contributed by atoms with Gasteiger partial charge in [0.25, 0.3) is 0 Å². The molecule has 8 aromatic rings. The van der Waals surface area contributed by atoms with E-state index in [4.69, 9.17) is 18.9 Å². The van der Waals surface area contributed by atoms with Crippen LogP contribution in [0.25, 0.3) is 22.1 Å². The van der Waals surface area contributed by atoms with Crippen molar-refractivity contribution in [3.63, 3.8) is 0 Å². The summed E-state index contributed by atoms with van der Waals surface area (Å²) < 4.78 is 130. The molecule has 0 fully saturated rings. The summed E-state index contributed by atoms with van der Waals surface area (Å²) in [6.07, 6.45) is -7.89. The summed E-state index contributed by atoms with van der Waals surface area (Å²) in [6.45, 7) is 2.13. The molecule has 0 aliphatic rings. The molecule has 0 saturated heterocycles. The number of benzene rings is 4. The first-order valence-corrected chi connectivity index (χ1v) is 27.3. The highest BCUT2D eigenvalue weighted by atomic mass is 32.2. The van der Waals surface area contributed by atoms with Gasteiger partial charge < -0.3 is 28.7 Å². The van der Waals surface area contributed by atoms with Crippen LogP contribution in [0.1, 0.15) is 44.8 Å². The van der Waals surface area contributed by atoms with Crippen LogP contribution in [0.3, 0.4) is 0 Å². The van der Waals surface area contributed by atoms with E-state index in [1.54, 1.807) is 111 Å². The third kappa shape index (κ3) is 14.3. The summed E-state index contributed by atoms with van der Waals surface area (Å²) in [7, 11) is -4.22. The molecule has 0 saturated carbocycles. The Labute approximate surface area is 459 Å². The molecular formula is C55H52F6N8O9S2. The highest BCUT2D eigenvalue weighted by molar-refractivity contribution is 7.84. The van der Waals surface area contributed by atoms with E-state index < -0.39 is 78.6 Å². The molecular weight excluding hydrogens is 1090 g/mol. The van der Waals surface area contributed by atoms with Crippen LogP contribution in [0.2, 0.25) is 0 Å². The Hall–Kier alpha value is -8.19. The number of ether oxygens (including phenoxy) is 4. The van der Waals surface area contributed by atoms with Crippen LogP contribution in [0.4, 0.5) is 40.7 Å². The fourth-order valence-corrected chi connectivity index (χ4v) is 10.9. The Morgan fingerprint density at radius 2 is 0.925 bits per heavy atom. The summed E-state index contributed by atoms with van der Waals surface area (Å²) >= 11 is 0. The van der Waals surface area contributed by atoms with E-state index in [9.17, 15) is 49.1 Å². The van der Waals surface area contributed by atoms with Crippen LogP contribution >= 0.6 is 0 Å². The van der Waals surface area contributed by atoms with E-state index in [0.29, 0.717) is 44.3 Å². The lowest BCUT2D eigenvalue weighted by Crippen LogP contribution is -2.38. The van der Waals surface area contributed by atoms with E-state index in [0.717, 1.165) is 0 Å². The smallest absolute Gasteiger partial charge is 0.484 e. The summed E-state index contributed by atoms with van der Waals surface area (Å²) in [5, 5.41) is -0.329. The molecule has 8 rings (SSSR count). The molecule has 4 aromatic heterocycles. The van der Waals surface area contributed by atoms with Crippen molar-refractivity contribution >= 4 is 61.9 Å². The fourth-order valence-electron chi connectivity index (χ4n) is 8.42. The van der Waals surface area contributed by atoms with Crippen molar-refractivity contribution in [2.24, 2.45) is 0 Å². The first-order chi connectivity index (χ1) is 38.2. The minimum absolute atomic E-state index is 0.0143. The van der Waals surface area contributed by atoms with Gasteiger partial charge in [0, 0.05) is 36.6 Å². The maximum atomic E-state index is 14.9. The van der Waals surface area contributed by atoms with Gasteiger partial charge in [0.2, 0.25) is 10.3 Å². The quantitative estimate of drug-likeness (QED) is 0.0518. The van der Waals surface area contributed by atoms with Gasteiger partial charge in [0.1, 0.15) is 24.7 Å². The number of aromatic nitrogens is 6. The summed E-state index contributed by atoms with van der Waals surface area (Å²) in [5.41, 5.74) is 4.81. The SMILES string of the molecule is Cc1c(OCC(F)(F)F)ccnc1CS(=O)c1nc2c(C)cccc2n1C(=O)N(CCOC(=O)OCCN(Cc1ccccc1)C(=O)n1c(S(=O)Cc2nccc(OCC(F)(F)F)c2C)nc2c(C)cccc21)Cc1ccccc1. The van der Waals surface area contributed by atoms with Gasteiger partial charge in [-0.3, -0.25) is 18.4 Å². The number of rotatable bonds is 20. The zero-order valence-electron chi connectivity index (χ0n) is 43.5. The largest absolute Gasteiger partial charge is 0.508 e. The van der Waals surface area contributed by atoms with Crippen LogP contribution in [0.15, 0.2) is 132 Å². The zero-order chi connectivity index (χ0) is 57.3. The number of aryl methyl sites for hydroxylation is 2. The zero-order valence-corrected chi connectivity index (χ0v) is 45.1. The number of nitrogens with zero attached hydrogens (tertiary/aromatic N) is 8. The predicted molar refractivity (Wildman–Crippen MR) is 283 cm³/mol. The number of pyridine rings is 2. The number of carbonyl (C=O) groups excluding carboxylic acids is 3. The molecule has 4 aromatic carbocycles. The average Bonchev–Trinajstić information content (AvgIpc) is 4.06. The van der Waals surface area contributed by atoms with Crippen LogP contribution in [-0.4, -0.2) is 117 Å². The molecule has 0 N–H and O–H groups in total. The molecule has 0 bridgehead atoms. The van der Waals surface area contributed by atoms with Gasteiger partial charge in [0.05, 0.1) is 79.6 Å². The lowest BCUT2D eigenvalue weighted by Gasteiger charge is -2.25. The van der Waals surface area contributed by atoms with Gasteiger partial charge in [-0.25, -0.2) is 33.5 Å². The number of hydrogen-bond donors (Lipinski definition) is 0. The molecule has 0 radical (unpaired) electrons. The fraction of sp³-hybridized carbons (Fsp3) is 0.291. The standard InChI is InChI=1S/C55H52F6N8O9S2/c1-35-13-11-19-43-47(35)64-49(79(73)31-41-37(3)45(21-23-62-41)77-33-54(56,57)58)68(43)51(70)66(29-39-15-7-5-8-16-39)25-27-75-53(72)76-28-26-67(30-40-17-9-6-10-18-40)52(71)69-44-20-12-14-36(2)48(44)65-50(69)80(74)32-42-38(4)46(22-24-63-42)78-34-55(59,60)61/h5-24H,25-34H2,1-4H3. The normalized spacial score (nSPS) is 12.5. The van der Waals surface area contributed by atoms with E-state index in [1.807, 2.05) is 0 Å². The van der Waals surface area contributed by atoms with Gasteiger partial charge in [-0.1, -0.05) is 84.9 Å². The molecule has 25 heteroatoms. The highest BCUT2D eigenvalue weighted by Gasteiger charge is 2.32. The molecule has 2 unspecified atom stereocenters. The van der Waals surface area contributed by atoms with Crippen molar-refractivity contribution in [1.82, 2.24) is 38.9 Å². The first-order valence-electron chi connectivity index (χ1n) is 24.6. The minimum Gasteiger partial charge on any atom is -0.484 e. The Morgan fingerprint density at radius 3 is 1.30 bits per heavy atom. The van der Waals surface area contributed by atoms with Crippen molar-refractivity contribution in [3.8, 4) is 11.5 Å².